The molecule has 0 aliphatic rings. The van der Waals surface area contributed by atoms with Crippen molar-refractivity contribution in [3.63, 3.8) is 0 Å². The van der Waals surface area contributed by atoms with Crippen LogP contribution in [0.3, 0.4) is 0 Å². The lowest BCUT2D eigenvalue weighted by atomic mass is 10.2. The summed E-state index contributed by atoms with van der Waals surface area (Å²) in [6.07, 6.45) is 1.51. The average molecular weight is 272 g/mol. The second kappa shape index (κ2) is 6.75. The Morgan fingerprint density at radius 1 is 1.33 bits per heavy atom. The zero-order valence-corrected chi connectivity index (χ0v) is 12.2. The molecule has 6 heteroatoms. The van der Waals surface area contributed by atoms with E-state index >= 15 is 0 Å². The van der Waals surface area contributed by atoms with Crippen molar-refractivity contribution in [3.8, 4) is 0 Å². The van der Waals surface area contributed by atoms with Crippen LogP contribution in [0.5, 0.6) is 0 Å². The maximum atomic E-state index is 5.77. The van der Waals surface area contributed by atoms with Gasteiger partial charge in [0.1, 0.15) is 0 Å². The molecule has 0 saturated heterocycles. The number of nitrogens with one attached hydrogen (secondary N) is 1. The molecule has 0 radical (unpaired) electrons. The fraction of sp³-hybridized carbons (Fsp3) is 0.667. The van der Waals surface area contributed by atoms with Gasteiger partial charge in [-0.3, -0.25) is 4.90 Å². The SMILES string of the molecule is CC(C)N(CCNc1nc(Cl)ncc1N)C(C)C. The van der Waals surface area contributed by atoms with E-state index < -0.39 is 0 Å². The molecule has 0 unspecified atom stereocenters. The highest BCUT2D eigenvalue weighted by Crippen LogP contribution is 2.15. The number of anilines is 2. The first-order valence-electron chi connectivity index (χ1n) is 6.19. The predicted molar refractivity (Wildman–Crippen MR) is 76.9 cm³/mol. The highest BCUT2D eigenvalue weighted by molar-refractivity contribution is 6.28. The minimum absolute atomic E-state index is 0.205. The number of nitrogen functional groups attached to an aromatic ring is 1. The van der Waals surface area contributed by atoms with E-state index in [9.17, 15) is 0 Å². The number of hydrogen-bond donors (Lipinski definition) is 2. The molecule has 0 aliphatic heterocycles. The van der Waals surface area contributed by atoms with Crippen molar-refractivity contribution in [1.29, 1.82) is 0 Å². The van der Waals surface area contributed by atoms with Crippen molar-refractivity contribution in [2.24, 2.45) is 0 Å². The number of halogens is 1. The van der Waals surface area contributed by atoms with Gasteiger partial charge in [0.15, 0.2) is 5.82 Å². The van der Waals surface area contributed by atoms with Crippen molar-refractivity contribution >= 4 is 23.1 Å². The Balaban J connectivity index is 2.52. The average Bonchev–Trinajstić information content (AvgIpc) is 2.27. The van der Waals surface area contributed by atoms with Gasteiger partial charge in [-0.2, -0.15) is 4.98 Å². The van der Waals surface area contributed by atoms with Crippen LogP contribution >= 0.6 is 11.6 Å². The maximum Gasteiger partial charge on any atom is 0.224 e. The molecular weight excluding hydrogens is 250 g/mol. The molecule has 0 atom stereocenters. The Bertz CT molecular complexity index is 373. The Hall–Kier alpha value is -1.07. The first-order valence-corrected chi connectivity index (χ1v) is 6.57. The molecule has 0 spiro atoms. The van der Waals surface area contributed by atoms with E-state index in [0.29, 0.717) is 23.6 Å². The van der Waals surface area contributed by atoms with Crippen LogP contribution in [0.4, 0.5) is 11.5 Å². The number of nitrogens with zero attached hydrogens (tertiary/aromatic N) is 3. The summed E-state index contributed by atoms with van der Waals surface area (Å²) in [5.74, 6) is 0.600. The monoisotopic (exact) mass is 271 g/mol. The smallest absolute Gasteiger partial charge is 0.224 e. The minimum atomic E-state index is 0.205. The van der Waals surface area contributed by atoms with Crippen LogP contribution < -0.4 is 11.1 Å². The standard InChI is InChI=1S/C12H22ClN5/c1-8(2)18(9(3)4)6-5-15-11-10(14)7-16-12(13)17-11/h7-9H,5-6,14H2,1-4H3,(H,15,16,17). The third-order valence-electron chi connectivity index (χ3n) is 2.78. The molecular formula is C12H22ClN5. The van der Waals surface area contributed by atoms with Gasteiger partial charge < -0.3 is 11.1 Å². The number of nitrogens with two attached hydrogens (primary N) is 1. The molecule has 1 rings (SSSR count). The lowest BCUT2D eigenvalue weighted by Gasteiger charge is -2.30. The van der Waals surface area contributed by atoms with Crippen molar-refractivity contribution < 1.29 is 0 Å². The molecule has 0 amide bonds. The van der Waals surface area contributed by atoms with E-state index in [2.05, 4.69) is 47.9 Å². The normalized spacial score (nSPS) is 11.6. The van der Waals surface area contributed by atoms with Crippen LogP contribution in [0.2, 0.25) is 5.28 Å². The van der Waals surface area contributed by atoms with Crippen LogP contribution in [0.15, 0.2) is 6.20 Å². The minimum Gasteiger partial charge on any atom is -0.394 e. The van der Waals surface area contributed by atoms with E-state index in [1.54, 1.807) is 0 Å². The van der Waals surface area contributed by atoms with Crippen LogP contribution in [0.25, 0.3) is 0 Å². The summed E-state index contributed by atoms with van der Waals surface area (Å²) in [4.78, 5) is 10.3. The molecule has 102 valence electrons. The highest BCUT2D eigenvalue weighted by atomic mass is 35.5. The molecule has 0 aromatic carbocycles. The van der Waals surface area contributed by atoms with E-state index in [-0.39, 0.29) is 5.28 Å². The fourth-order valence-corrected chi connectivity index (χ4v) is 2.06. The van der Waals surface area contributed by atoms with Crippen molar-refractivity contribution in [2.45, 2.75) is 39.8 Å². The lowest BCUT2D eigenvalue weighted by Crippen LogP contribution is -2.40. The first-order chi connectivity index (χ1) is 8.41. The lowest BCUT2D eigenvalue weighted by molar-refractivity contribution is 0.182. The quantitative estimate of drug-likeness (QED) is 0.777. The van der Waals surface area contributed by atoms with Crippen molar-refractivity contribution in [3.05, 3.63) is 11.5 Å². The summed E-state index contributed by atoms with van der Waals surface area (Å²) in [5.41, 5.74) is 6.28. The van der Waals surface area contributed by atoms with E-state index in [1.807, 2.05) is 0 Å². The molecule has 3 N–H and O–H groups in total. The molecule has 1 heterocycles. The third kappa shape index (κ3) is 4.31. The van der Waals surface area contributed by atoms with Crippen LogP contribution in [0, 0.1) is 0 Å². The fourth-order valence-electron chi connectivity index (χ4n) is 1.93. The van der Waals surface area contributed by atoms with Gasteiger partial charge in [0.05, 0.1) is 11.9 Å². The predicted octanol–water partition coefficient (Wildman–Crippen LogP) is 2.24. The Labute approximate surface area is 114 Å². The van der Waals surface area contributed by atoms with E-state index in [1.165, 1.54) is 6.20 Å². The summed E-state index contributed by atoms with van der Waals surface area (Å²) < 4.78 is 0. The summed E-state index contributed by atoms with van der Waals surface area (Å²) in [6, 6.07) is 1.02. The Kier molecular flexibility index (Phi) is 5.62. The first kappa shape index (κ1) is 15.0. The van der Waals surface area contributed by atoms with E-state index in [4.69, 9.17) is 17.3 Å². The second-order valence-corrected chi connectivity index (χ2v) is 5.13. The highest BCUT2D eigenvalue weighted by Gasteiger charge is 2.12. The van der Waals surface area contributed by atoms with Gasteiger partial charge in [-0.15, -0.1) is 0 Å². The molecule has 5 nitrogen and oxygen atoms in total. The van der Waals surface area contributed by atoms with Crippen LogP contribution in [-0.4, -0.2) is 40.0 Å². The second-order valence-electron chi connectivity index (χ2n) is 4.80. The molecule has 18 heavy (non-hydrogen) atoms. The zero-order chi connectivity index (χ0) is 13.7. The molecule has 0 bridgehead atoms. The summed E-state index contributed by atoms with van der Waals surface area (Å²) >= 11 is 5.73. The zero-order valence-electron chi connectivity index (χ0n) is 11.4. The van der Waals surface area contributed by atoms with Gasteiger partial charge in [-0.1, -0.05) is 0 Å². The molecule has 1 aromatic rings. The number of aromatic nitrogens is 2. The Morgan fingerprint density at radius 3 is 2.50 bits per heavy atom. The van der Waals surface area contributed by atoms with Gasteiger partial charge in [0.25, 0.3) is 0 Å². The topological polar surface area (TPSA) is 67.1 Å². The van der Waals surface area contributed by atoms with E-state index in [0.717, 1.165) is 13.1 Å². The van der Waals surface area contributed by atoms with Crippen LogP contribution in [0.1, 0.15) is 27.7 Å². The van der Waals surface area contributed by atoms with Gasteiger partial charge in [-0.05, 0) is 39.3 Å². The van der Waals surface area contributed by atoms with Gasteiger partial charge in [0, 0.05) is 25.2 Å². The number of rotatable bonds is 6. The van der Waals surface area contributed by atoms with Crippen molar-refractivity contribution in [1.82, 2.24) is 14.9 Å². The largest absolute Gasteiger partial charge is 0.394 e. The molecule has 0 fully saturated rings. The number of hydrogen-bond acceptors (Lipinski definition) is 5. The van der Waals surface area contributed by atoms with Gasteiger partial charge >= 0.3 is 0 Å². The summed E-state index contributed by atoms with van der Waals surface area (Å²) in [6.45, 7) is 10.5. The van der Waals surface area contributed by atoms with Crippen LogP contribution in [-0.2, 0) is 0 Å². The van der Waals surface area contributed by atoms with Gasteiger partial charge in [0.2, 0.25) is 5.28 Å². The molecule has 0 saturated carbocycles. The molecule has 1 aromatic heterocycles. The summed E-state index contributed by atoms with van der Waals surface area (Å²) in [5, 5.41) is 3.40. The van der Waals surface area contributed by atoms with Gasteiger partial charge in [-0.25, -0.2) is 4.98 Å². The third-order valence-corrected chi connectivity index (χ3v) is 2.96. The molecule has 0 aliphatic carbocycles. The maximum absolute atomic E-state index is 5.77. The van der Waals surface area contributed by atoms with Crippen molar-refractivity contribution in [2.75, 3.05) is 24.1 Å². The summed E-state index contributed by atoms with van der Waals surface area (Å²) in [7, 11) is 0. The Morgan fingerprint density at radius 2 is 1.94 bits per heavy atom.